The number of unbranched alkanes of at least 4 members (excludes halogenated alkanes) is 1. The van der Waals surface area contributed by atoms with E-state index in [-0.39, 0.29) is 31.7 Å². The number of rotatable bonds is 13. The van der Waals surface area contributed by atoms with Crippen LogP contribution in [0.4, 0.5) is 0 Å². The van der Waals surface area contributed by atoms with E-state index in [2.05, 4.69) is 10.6 Å². The van der Waals surface area contributed by atoms with Crippen molar-refractivity contribution < 1.29 is 32.5 Å². The van der Waals surface area contributed by atoms with E-state index in [9.17, 15) is 22.8 Å². The van der Waals surface area contributed by atoms with Gasteiger partial charge in [0.15, 0.2) is 0 Å². The van der Waals surface area contributed by atoms with E-state index in [0.29, 0.717) is 11.7 Å². The molecule has 9 nitrogen and oxygen atoms in total. The molecule has 2 amide bonds. The van der Waals surface area contributed by atoms with Gasteiger partial charge in [0.1, 0.15) is 6.04 Å². The van der Waals surface area contributed by atoms with Crippen LogP contribution in [0.25, 0.3) is 0 Å². The summed E-state index contributed by atoms with van der Waals surface area (Å²) in [6, 6.07) is -1.06. The van der Waals surface area contributed by atoms with Crippen LogP contribution in [0.2, 0.25) is 0 Å². The first-order chi connectivity index (χ1) is 12.7. The van der Waals surface area contributed by atoms with Crippen molar-refractivity contribution in [1.29, 1.82) is 0 Å². The second-order valence-corrected chi connectivity index (χ2v) is 10.6. The minimum Gasteiger partial charge on any atom is -0.481 e. The SMILES string of the molecule is O=C(O)CC[C@H](NC(=O)CCCC[C@@H]1CCSS1)C(=O)NCCS(=O)(=O)O. The van der Waals surface area contributed by atoms with Crippen LogP contribution >= 0.6 is 21.6 Å². The highest BCUT2D eigenvalue weighted by Gasteiger charge is 2.22. The number of hydrogen-bond donors (Lipinski definition) is 4. The minimum absolute atomic E-state index is 0.102. The van der Waals surface area contributed by atoms with Gasteiger partial charge in [0.05, 0.1) is 5.75 Å². The molecule has 0 unspecified atom stereocenters. The Labute approximate surface area is 166 Å². The second kappa shape index (κ2) is 12.5. The Kier molecular flexibility index (Phi) is 11.1. The predicted molar refractivity (Wildman–Crippen MR) is 105 cm³/mol. The van der Waals surface area contributed by atoms with Crippen LogP contribution in [0.15, 0.2) is 0 Å². The fourth-order valence-corrected chi connectivity index (χ4v) is 5.84. The number of nitrogens with one attached hydrogen (secondary N) is 2. The lowest BCUT2D eigenvalue weighted by Gasteiger charge is -2.18. The van der Waals surface area contributed by atoms with Crippen molar-refractivity contribution in [3.63, 3.8) is 0 Å². The Hall–Kier alpha value is -0.980. The van der Waals surface area contributed by atoms with Crippen LogP contribution in [0.5, 0.6) is 0 Å². The van der Waals surface area contributed by atoms with Gasteiger partial charge in [-0.3, -0.25) is 18.9 Å². The van der Waals surface area contributed by atoms with Crippen LogP contribution < -0.4 is 10.6 Å². The lowest BCUT2D eigenvalue weighted by molar-refractivity contribution is -0.138. The molecule has 12 heteroatoms. The molecule has 156 valence electrons. The summed E-state index contributed by atoms with van der Waals surface area (Å²) in [6.45, 7) is -0.325. The minimum atomic E-state index is -4.22. The number of carboxylic acid groups (broad SMARTS) is 1. The number of carbonyl (C=O) groups is 3. The lowest BCUT2D eigenvalue weighted by Crippen LogP contribution is -2.47. The van der Waals surface area contributed by atoms with Gasteiger partial charge in [-0.15, -0.1) is 0 Å². The molecule has 0 aromatic heterocycles. The smallest absolute Gasteiger partial charge is 0.303 e. The molecule has 0 aromatic rings. The normalized spacial score (nSPS) is 18.0. The topological polar surface area (TPSA) is 150 Å². The zero-order chi connectivity index (χ0) is 20.3. The van der Waals surface area contributed by atoms with Crippen LogP contribution in [0.3, 0.4) is 0 Å². The summed E-state index contributed by atoms with van der Waals surface area (Å²) in [6.07, 6.45) is 3.65. The highest BCUT2D eigenvalue weighted by Crippen LogP contribution is 2.39. The molecular weight excluding hydrogens is 416 g/mol. The molecule has 0 aliphatic carbocycles. The summed E-state index contributed by atoms with van der Waals surface area (Å²) in [4.78, 5) is 34.9. The highest BCUT2D eigenvalue weighted by atomic mass is 33.1. The van der Waals surface area contributed by atoms with Crippen molar-refractivity contribution in [1.82, 2.24) is 10.6 Å². The summed E-state index contributed by atoms with van der Waals surface area (Å²) in [5, 5.41) is 14.2. The molecule has 0 spiro atoms. The largest absolute Gasteiger partial charge is 0.481 e. The summed E-state index contributed by atoms with van der Waals surface area (Å²) in [5.74, 6) is -1.62. The number of aliphatic carboxylic acids is 1. The van der Waals surface area contributed by atoms with Crippen molar-refractivity contribution in [2.24, 2.45) is 0 Å². The molecule has 27 heavy (non-hydrogen) atoms. The number of carbonyl (C=O) groups excluding carboxylic acids is 2. The quantitative estimate of drug-likeness (QED) is 0.186. The molecule has 1 rings (SSSR count). The van der Waals surface area contributed by atoms with Gasteiger partial charge in [-0.1, -0.05) is 28.0 Å². The third kappa shape index (κ3) is 12.2. The molecule has 0 bridgehead atoms. The average Bonchev–Trinajstić information content (AvgIpc) is 3.07. The fourth-order valence-electron chi connectivity index (χ4n) is 2.45. The molecule has 2 atom stereocenters. The summed E-state index contributed by atoms with van der Waals surface area (Å²) in [5.41, 5.74) is 0. The van der Waals surface area contributed by atoms with Gasteiger partial charge in [0.25, 0.3) is 10.1 Å². The van der Waals surface area contributed by atoms with Gasteiger partial charge in [-0.05, 0) is 25.7 Å². The molecule has 0 saturated carbocycles. The Morgan fingerprint density at radius 1 is 1.19 bits per heavy atom. The average molecular weight is 443 g/mol. The van der Waals surface area contributed by atoms with Gasteiger partial charge in [-0.2, -0.15) is 8.42 Å². The molecule has 1 aliphatic heterocycles. The Morgan fingerprint density at radius 2 is 1.93 bits per heavy atom. The van der Waals surface area contributed by atoms with Crippen molar-refractivity contribution in [2.45, 2.75) is 56.2 Å². The van der Waals surface area contributed by atoms with E-state index in [0.717, 1.165) is 18.6 Å². The van der Waals surface area contributed by atoms with E-state index in [1.54, 1.807) is 0 Å². The molecule has 1 saturated heterocycles. The van der Waals surface area contributed by atoms with Crippen LogP contribution in [0, 0.1) is 0 Å². The van der Waals surface area contributed by atoms with E-state index in [1.807, 2.05) is 21.6 Å². The lowest BCUT2D eigenvalue weighted by atomic mass is 10.1. The van der Waals surface area contributed by atoms with Crippen LogP contribution in [-0.2, 0) is 24.5 Å². The molecule has 1 aliphatic rings. The zero-order valence-corrected chi connectivity index (χ0v) is 17.3. The summed E-state index contributed by atoms with van der Waals surface area (Å²) < 4.78 is 30.0. The van der Waals surface area contributed by atoms with Crippen molar-refractivity contribution in [2.75, 3.05) is 18.1 Å². The number of carboxylic acids is 1. The first-order valence-electron chi connectivity index (χ1n) is 8.69. The molecule has 0 aromatic carbocycles. The Balaban J connectivity index is 2.38. The molecule has 1 heterocycles. The van der Waals surface area contributed by atoms with E-state index in [1.165, 1.54) is 6.42 Å². The molecule has 1 fully saturated rings. The van der Waals surface area contributed by atoms with E-state index >= 15 is 0 Å². The third-order valence-corrected chi connectivity index (χ3v) is 7.59. The Bertz CT molecular complexity index is 607. The van der Waals surface area contributed by atoms with E-state index in [4.69, 9.17) is 9.66 Å². The van der Waals surface area contributed by atoms with Crippen molar-refractivity contribution >= 4 is 49.5 Å². The standard InChI is InChI=1S/C15H26N2O7S3/c18-13(4-2-1-3-11-7-9-25-26-11)17-12(5-6-14(19)20)15(21)16-8-10-27(22,23)24/h11-12H,1-10H2,(H,16,21)(H,17,18)(H,19,20)(H,22,23,24)/t11-,12+/m1/s1. The number of hydrogen-bond acceptors (Lipinski definition) is 7. The van der Waals surface area contributed by atoms with Gasteiger partial charge >= 0.3 is 5.97 Å². The van der Waals surface area contributed by atoms with Gasteiger partial charge in [0, 0.05) is 30.4 Å². The molecular formula is C15H26N2O7S3. The fraction of sp³-hybridized carbons (Fsp3) is 0.800. The second-order valence-electron chi connectivity index (χ2n) is 6.20. The monoisotopic (exact) mass is 442 g/mol. The van der Waals surface area contributed by atoms with E-state index < -0.39 is 33.8 Å². The number of amides is 2. The van der Waals surface area contributed by atoms with Gasteiger partial charge < -0.3 is 15.7 Å². The maximum absolute atomic E-state index is 12.1. The van der Waals surface area contributed by atoms with Gasteiger partial charge in [0.2, 0.25) is 11.8 Å². The summed E-state index contributed by atoms with van der Waals surface area (Å²) in [7, 11) is -0.469. The maximum atomic E-state index is 12.1. The van der Waals surface area contributed by atoms with Gasteiger partial charge in [-0.25, -0.2) is 0 Å². The molecule has 0 radical (unpaired) electrons. The predicted octanol–water partition coefficient (Wildman–Crippen LogP) is 1.05. The molecule has 4 N–H and O–H groups in total. The van der Waals surface area contributed by atoms with Crippen LogP contribution in [-0.4, -0.2) is 65.2 Å². The van der Waals surface area contributed by atoms with Crippen LogP contribution in [0.1, 0.15) is 44.9 Å². The summed E-state index contributed by atoms with van der Waals surface area (Å²) >= 11 is 0. The van der Waals surface area contributed by atoms with Crippen molar-refractivity contribution in [3.05, 3.63) is 0 Å². The zero-order valence-electron chi connectivity index (χ0n) is 14.9. The third-order valence-electron chi connectivity index (χ3n) is 3.87. The first-order valence-corrected chi connectivity index (χ1v) is 12.7. The van der Waals surface area contributed by atoms with Crippen molar-refractivity contribution in [3.8, 4) is 0 Å². The Morgan fingerprint density at radius 3 is 2.52 bits per heavy atom. The first kappa shape index (κ1) is 24.1. The highest BCUT2D eigenvalue weighted by molar-refractivity contribution is 8.77. The maximum Gasteiger partial charge on any atom is 0.303 e.